The topological polar surface area (TPSA) is 80.9 Å². The van der Waals surface area contributed by atoms with Crippen molar-refractivity contribution in [3.8, 4) is 0 Å². The van der Waals surface area contributed by atoms with Gasteiger partial charge in [0.2, 0.25) is 0 Å². The van der Waals surface area contributed by atoms with Crippen LogP contribution in [0.1, 0.15) is 53.4 Å². The molecular formula is C12H28NO4+. The molecule has 0 saturated carbocycles. The van der Waals surface area contributed by atoms with Crippen LogP contribution in [0.3, 0.4) is 0 Å². The highest BCUT2D eigenvalue weighted by Gasteiger charge is 2.51. The molecule has 0 aliphatic rings. The fourth-order valence-corrected chi connectivity index (χ4v) is 2.46. The van der Waals surface area contributed by atoms with E-state index in [1.165, 1.54) is 0 Å². The van der Waals surface area contributed by atoms with Crippen LogP contribution in [0.4, 0.5) is 0 Å². The van der Waals surface area contributed by atoms with Gasteiger partial charge in [-0.15, -0.1) is 0 Å². The first-order chi connectivity index (χ1) is 7.93. The monoisotopic (exact) mass is 250 g/mol. The summed E-state index contributed by atoms with van der Waals surface area (Å²) in [6.45, 7) is 7.07. The molecule has 0 spiro atoms. The van der Waals surface area contributed by atoms with Crippen LogP contribution < -0.4 is 0 Å². The molecule has 0 aliphatic carbocycles. The summed E-state index contributed by atoms with van der Waals surface area (Å²) in [7, 11) is 0. The van der Waals surface area contributed by atoms with Crippen molar-refractivity contribution in [3.05, 3.63) is 0 Å². The Balaban J connectivity index is 5.51. The Hall–Kier alpha value is -0.200. The molecule has 5 heteroatoms. The lowest BCUT2D eigenvalue weighted by Gasteiger charge is -2.50. The van der Waals surface area contributed by atoms with Gasteiger partial charge >= 0.3 is 0 Å². The average Bonchev–Trinajstić information content (AvgIpc) is 2.37. The van der Waals surface area contributed by atoms with Gasteiger partial charge in [0.1, 0.15) is 0 Å². The van der Waals surface area contributed by atoms with Crippen molar-refractivity contribution in [3.63, 3.8) is 0 Å². The van der Waals surface area contributed by atoms with Gasteiger partial charge in [-0.25, -0.2) is 4.48 Å². The molecule has 0 amide bonds. The van der Waals surface area contributed by atoms with Crippen LogP contribution in [0.15, 0.2) is 0 Å². The predicted octanol–water partition coefficient (Wildman–Crippen LogP) is 0.717. The largest absolute Gasteiger partial charge is 0.345 e. The number of rotatable bonds is 8. The molecule has 4 unspecified atom stereocenters. The van der Waals surface area contributed by atoms with Gasteiger partial charge in [-0.3, -0.25) is 0 Å². The molecule has 0 aromatic carbocycles. The second-order valence-corrected chi connectivity index (χ2v) is 4.45. The number of quaternary nitrogens is 1. The molecule has 0 aromatic heterocycles. The van der Waals surface area contributed by atoms with Gasteiger partial charge < -0.3 is 20.4 Å². The minimum absolute atomic E-state index is 0.366. The number of hydrogen-bond acceptors (Lipinski definition) is 4. The third-order valence-electron chi connectivity index (χ3n) is 3.53. The van der Waals surface area contributed by atoms with Crippen LogP contribution in [-0.2, 0) is 0 Å². The molecule has 0 fully saturated rings. The Bertz CT molecular complexity index is 167. The quantitative estimate of drug-likeness (QED) is 0.378. The van der Waals surface area contributed by atoms with Crippen LogP contribution >= 0.6 is 0 Å². The van der Waals surface area contributed by atoms with E-state index >= 15 is 0 Å². The molecule has 0 rings (SSSR count). The summed E-state index contributed by atoms with van der Waals surface area (Å²) < 4.78 is -0.458. The first-order valence-electron chi connectivity index (χ1n) is 6.53. The molecule has 0 heterocycles. The molecule has 104 valence electrons. The zero-order chi connectivity index (χ0) is 13.6. The highest BCUT2D eigenvalue weighted by atomic mass is 16.4. The summed E-state index contributed by atoms with van der Waals surface area (Å²) in [5.41, 5.74) is 0. The van der Waals surface area contributed by atoms with E-state index in [4.69, 9.17) is 0 Å². The van der Waals surface area contributed by atoms with Crippen molar-refractivity contribution in [1.29, 1.82) is 0 Å². The van der Waals surface area contributed by atoms with Gasteiger partial charge in [-0.2, -0.15) is 0 Å². The van der Waals surface area contributed by atoms with Crippen molar-refractivity contribution in [2.45, 2.75) is 78.3 Å². The Kier molecular flexibility index (Phi) is 7.20. The predicted molar refractivity (Wildman–Crippen MR) is 65.5 cm³/mol. The minimum atomic E-state index is -0.977. The second kappa shape index (κ2) is 7.28. The lowest BCUT2D eigenvalue weighted by molar-refractivity contribution is -1.08. The smallest absolute Gasteiger partial charge is 0.196 e. The molecule has 0 aromatic rings. The number of aliphatic hydroxyl groups is 4. The van der Waals surface area contributed by atoms with Gasteiger partial charge in [0.05, 0.1) is 0 Å². The Labute approximate surface area is 104 Å². The van der Waals surface area contributed by atoms with Crippen LogP contribution in [0.2, 0.25) is 0 Å². The first kappa shape index (κ1) is 16.8. The highest BCUT2D eigenvalue weighted by molar-refractivity contribution is 4.57. The summed E-state index contributed by atoms with van der Waals surface area (Å²) in [6.07, 6.45) is -2.44. The first-order valence-corrected chi connectivity index (χ1v) is 6.53. The van der Waals surface area contributed by atoms with Crippen molar-refractivity contribution >= 4 is 0 Å². The Morgan fingerprint density at radius 1 is 0.588 bits per heavy atom. The van der Waals surface area contributed by atoms with Crippen LogP contribution in [0.25, 0.3) is 0 Å². The average molecular weight is 250 g/mol. The molecule has 0 radical (unpaired) electrons. The minimum Gasteiger partial charge on any atom is -0.345 e. The molecule has 0 aliphatic heterocycles. The molecule has 0 bridgehead atoms. The molecule has 4 N–H and O–H groups in total. The molecular weight excluding hydrogens is 222 g/mol. The molecule has 4 atom stereocenters. The second-order valence-electron chi connectivity index (χ2n) is 4.45. The number of nitrogens with zero attached hydrogens (tertiary/aromatic N) is 1. The lowest BCUT2D eigenvalue weighted by atomic mass is 10.1. The van der Waals surface area contributed by atoms with Gasteiger partial charge in [0.25, 0.3) is 0 Å². The van der Waals surface area contributed by atoms with E-state index in [0.29, 0.717) is 25.7 Å². The van der Waals surface area contributed by atoms with E-state index in [1.807, 2.05) is 0 Å². The maximum atomic E-state index is 10.2. The van der Waals surface area contributed by atoms with Crippen molar-refractivity contribution in [1.82, 2.24) is 0 Å². The fraction of sp³-hybridized carbons (Fsp3) is 1.00. The van der Waals surface area contributed by atoms with Crippen LogP contribution in [0, 0.1) is 0 Å². The van der Waals surface area contributed by atoms with E-state index in [2.05, 4.69) is 0 Å². The molecule has 0 saturated heterocycles. The highest BCUT2D eigenvalue weighted by Crippen LogP contribution is 2.30. The van der Waals surface area contributed by atoms with Crippen molar-refractivity contribution in [2.24, 2.45) is 0 Å². The number of hydrogen-bond donors (Lipinski definition) is 4. The summed E-state index contributed by atoms with van der Waals surface area (Å²) in [4.78, 5) is 0. The van der Waals surface area contributed by atoms with Gasteiger partial charge in [-0.05, 0) is 0 Å². The third kappa shape index (κ3) is 2.98. The summed E-state index contributed by atoms with van der Waals surface area (Å²) >= 11 is 0. The maximum absolute atomic E-state index is 10.2. The van der Waals surface area contributed by atoms with E-state index in [-0.39, 0.29) is 0 Å². The molecule has 17 heavy (non-hydrogen) atoms. The van der Waals surface area contributed by atoms with Gasteiger partial charge in [0, 0.05) is 25.7 Å². The third-order valence-corrected chi connectivity index (χ3v) is 3.53. The summed E-state index contributed by atoms with van der Waals surface area (Å²) in [5.74, 6) is 0. The normalized spacial score (nSPS) is 22.6. The lowest BCUT2D eigenvalue weighted by Crippen LogP contribution is -2.71. The summed E-state index contributed by atoms with van der Waals surface area (Å²) in [5, 5.41) is 40.7. The zero-order valence-corrected chi connectivity index (χ0v) is 11.4. The zero-order valence-electron chi connectivity index (χ0n) is 11.4. The van der Waals surface area contributed by atoms with E-state index in [9.17, 15) is 20.4 Å². The Morgan fingerprint density at radius 2 is 0.765 bits per heavy atom. The van der Waals surface area contributed by atoms with Crippen LogP contribution in [0.5, 0.6) is 0 Å². The van der Waals surface area contributed by atoms with E-state index in [0.717, 1.165) is 0 Å². The SMILES string of the molecule is CCC(O)[N+](C(O)CC)(C(O)CC)C(O)CC. The Morgan fingerprint density at radius 3 is 0.882 bits per heavy atom. The standard InChI is InChI=1S/C12H28NO4/c1-5-9(14)13(10(15)6-2,11(16)7-3)12(17)8-4/h9-12,14-17H,5-8H2,1-4H3/q+1. The van der Waals surface area contributed by atoms with Gasteiger partial charge in [0.15, 0.2) is 24.9 Å². The summed E-state index contributed by atoms with van der Waals surface area (Å²) in [6, 6.07) is 0. The van der Waals surface area contributed by atoms with E-state index in [1.54, 1.807) is 27.7 Å². The van der Waals surface area contributed by atoms with Gasteiger partial charge in [-0.1, -0.05) is 27.7 Å². The van der Waals surface area contributed by atoms with Crippen molar-refractivity contribution in [2.75, 3.05) is 0 Å². The van der Waals surface area contributed by atoms with Crippen LogP contribution in [-0.4, -0.2) is 49.8 Å². The number of aliphatic hydroxyl groups excluding tert-OH is 4. The fourth-order valence-electron chi connectivity index (χ4n) is 2.46. The molecule has 5 nitrogen and oxygen atoms in total. The van der Waals surface area contributed by atoms with Crippen molar-refractivity contribution < 1.29 is 24.9 Å². The van der Waals surface area contributed by atoms with E-state index < -0.39 is 29.4 Å². The maximum Gasteiger partial charge on any atom is 0.196 e.